The van der Waals surface area contributed by atoms with E-state index in [1.807, 2.05) is 25.9 Å². The zero-order valence-corrected chi connectivity index (χ0v) is 12.6. The molecule has 1 aliphatic rings. The molecule has 3 N–H and O–H groups in total. The normalized spacial score (nSPS) is 21.6. The van der Waals surface area contributed by atoms with Crippen LogP contribution in [-0.2, 0) is 9.84 Å². The van der Waals surface area contributed by atoms with Gasteiger partial charge in [0.15, 0.2) is 9.84 Å². The maximum atomic E-state index is 11.6. The molecule has 1 aromatic rings. The summed E-state index contributed by atoms with van der Waals surface area (Å²) in [7, 11) is 0.639. The number of aromatic nitrogens is 3. The molecule has 0 spiro atoms. The lowest BCUT2D eigenvalue weighted by Crippen LogP contribution is -2.48. The lowest BCUT2D eigenvalue weighted by Gasteiger charge is -2.33. The van der Waals surface area contributed by atoms with E-state index in [1.54, 1.807) is 4.90 Å². The summed E-state index contributed by atoms with van der Waals surface area (Å²) < 4.78 is 23.2. The summed E-state index contributed by atoms with van der Waals surface area (Å²) in [5.41, 5.74) is 2.40. The van der Waals surface area contributed by atoms with Gasteiger partial charge < -0.3 is 9.80 Å². The van der Waals surface area contributed by atoms with E-state index in [0.717, 1.165) is 0 Å². The van der Waals surface area contributed by atoms with Crippen LogP contribution in [0.2, 0.25) is 0 Å². The zero-order valence-electron chi connectivity index (χ0n) is 11.7. The molecular weight excluding hydrogens is 282 g/mol. The summed E-state index contributed by atoms with van der Waals surface area (Å²) in [5, 5.41) is 0. The van der Waals surface area contributed by atoms with Crippen LogP contribution in [0.15, 0.2) is 0 Å². The Morgan fingerprint density at radius 2 is 2.05 bits per heavy atom. The van der Waals surface area contributed by atoms with Gasteiger partial charge in [0.25, 0.3) is 0 Å². The van der Waals surface area contributed by atoms with Crippen molar-refractivity contribution in [2.45, 2.75) is 13.0 Å². The van der Waals surface area contributed by atoms with Crippen LogP contribution in [0.25, 0.3) is 0 Å². The highest BCUT2D eigenvalue weighted by atomic mass is 32.2. The van der Waals surface area contributed by atoms with E-state index in [9.17, 15) is 8.42 Å². The van der Waals surface area contributed by atoms with Crippen LogP contribution in [0, 0.1) is 0 Å². The number of hydrogen-bond donors (Lipinski definition) is 2. The van der Waals surface area contributed by atoms with E-state index in [0.29, 0.717) is 18.4 Å². The molecule has 10 heteroatoms. The SMILES string of the molecule is CC1CS(=O)(=O)CCN1c1nc(NN)nc(N(C)C)n1. The van der Waals surface area contributed by atoms with Crippen molar-refractivity contribution in [3.63, 3.8) is 0 Å². The Morgan fingerprint density at radius 1 is 1.35 bits per heavy atom. The Labute approximate surface area is 118 Å². The van der Waals surface area contributed by atoms with Crippen molar-refractivity contribution in [1.29, 1.82) is 0 Å². The van der Waals surface area contributed by atoms with Crippen LogP contribution in [0.3, 0.4) is 0 Å². The molecule has 2 heterocycles. The second kappa shape index (κ2) is 5.37. The van der Waals surface area contributed by atoms with Gasteiger partial charge in [0, 0.05) is 26.7 Å². The number of hydrogen-bond acceptors (Lipinski definition) is 9. The highest BCUT2D eigenvalue weighted by molar-refractivity contribution is 7.91. The molecule has 0 saturated carbocycles. The second-order valence-corrected chi connectivity index (χ2v) is 7.18. The van der Waals surface area contributed by atoms with Crippen molar-refractivity contribution in [2.75, 3.05) is 47.4 Å². The lowest BCUT2D eigenvalue weighted by atomic mass is 10.3. The van der Waals surface area contributed by atoms with Crippen LogP contribution >= 0.6 is 0 Å². The van der Waals surface area contributed by atoms with Gasteiger partial charge in [-0.25, -0.2) is 14.3 Å². The maximum Gasteiger partial charge on any atom is 0.243 e. The highest BCUT2D eigenvalue weighted by Gasteiger charge is 2.30. The average Bonchev–Trinajstić information content (AvgIpc) is 2.37. The van der Waals surface area contributed by atoms with Gasteiger partial charge >= 0.3 is 0 Å². The molecule has 0 radical (unpaired) electrons. The molecule has 1 fully saturated rings. The van der Waals surface area contributed by atoms with Gasteiger partial charge in [-0.2, -0.15) is 15.0 Å². The van der Waals surface area contributed by atoms with Gasteiger partial charge in [-0.3, -0.25) is 5.43 Å². The fraction of sp³-hybridized carbons (Fsp3) is 0.700. The Hall–Kier alpha value is -1.68. The second-order valence-electron chi connectivity index (χ2n) is 4.95. The Balaban J connectivity index is 2.35. The molecule has 20 heavy (non-hydrogen) atoms. The predicted molar refractivity (Wildman–Crippen MR) is 77.4 cm³/mol. The quantitative estimate of drug-likeness (QED) is 0.527. The maximum absolute atomic E-state index is 11.6. The summed E-state index contributed by atoms with van der Waals surface area (Å²) in [5.74, 6) is 6.70. The monoisotopic (exact) mass is 301 g/mol. The Morgan fingerprint density at radius 3 is 2.60 bits per heavy atom. The minimum Gasteiger partial charge on any atom is -0.347 e. The van der Waals surface area contributed by atoms with Crippen LogP contribution in [0.4, 0.5) is 17.8 Å². The average molecular weight is 301 g/mol. The van der Waals surface area contributed by atoms with Crippen molar-refractivity contribution in [3.8, 4) is 0 Å². The van der Waals surface area contributed by atoms with Crippen LogP contribution < -0.4 is 21.1 Å². The number of rotatable bonds is 3. The van der Waals surface area contributed by atoms with Crippen molar-refractivity contribution in [3.05, 3.63) is 0 Å². The first-order valence-electron chi connectivity index (χ1n) is 6.19. The largest absolute Gasteiger partial charge is 0.347 e. The lowest BCUT2D eigenvalue weighted by molar-refractivity contribution is 0.564. The van der Waals surface area contributed by atoms with Gasteiger partial charge in [0.1, 0.15) is 0 Å². The molecule has 0 bridgehead atoms. The van der Waals surface area contributed by atoms with Gasteiger partial charge in [0.2, 0.25) is 17.8 Å². The zero-order chi connectivity index (χ0) is 14.9. The molecule has 0 amide bonds. The van der Waals surface area contributed by atoms with E-state index in [4.69, 9.17) is 5.84 Å². The fourth-order valence-electron chi connectivity index (χ4n) is 2.04. The van der Waals surface area contributed by atoms with Crippen molar-refractivity contribution in [1.82, 2.24) is 15.0 Å². The standard InChI is InChI=1S/C10H19N7O2S/c1-7-6-20(18,19)5-4-17(7)10-13-8(15-11)12-9(14-10)16(2)3/h7H,4-6,11H2,1-3H3,(H,12,13,14,15). The minimum atomic E-state index is -2.98. The number of anilines is 3. The number of sulfone groups is 1. The summed E-state index contributed by atoms with van der Waals surface area (Å²) >= 11 is 0. The third-order valence-electron chi connectivity index (χ3n) is 3.07. The van der Waals surface area contributed by atoms with E-state index in [-0.39, 0.29) is 23.5 Å². The van der Waals surface area contributed by atoms with Crippen LogP contribution in [-0.4, -0.2) is 61.6 Å². The third-order valence-corrected chi connectivity index (χ3v) is 4.86. The summed E-state index contributed by atoms with van der Waals surface area (Å²) in [6, 6.07) is -0.184. The summed E-state index contributed by atoms with van der Waals surface area (Å²) in [6.45, 7) is 2.20. The molecule has 2 rings (SSSR count). The molecule has 1 aromatic heterocycles. The topological polar surface area (TPSA) is 117 Å². The van der Waals surface area contributed by atoms with Crippen molar-refractivity contribution < 1.29 is 8.42 Å². The van der Waals surface area contributed by atoms with Crippen LogP contribution in [0.5, 0.6) is 0 Å². The minimum absolute atomic E-state index is 0.0986. The smallest absolute Gasteiger partial charge is 0.243 e. The molecule has 0 aliphatic carbocycles. The number of nitrogen functional groups attached to an aromatic ring is 1. The molecule has 1 atom stereocenters. The number of nitrogens with zero attached hydrogens (tertiary/aromatic N) is 5. The van der Waals surface area contributed by atoms with E-state index in [1.165, 1.54) is 0 Å². The van der Waals surface area contributed by atoms with E-state index < -0.39 is 9.84 Å². The molecule has 1 unspecified atom stereocenters. The molecule has 112 valence electrons. The molecular formula is C10H19N7O2S. The highest BCUT2D eigenvalue weighted by Crippen LogP contribution is 2.20. The third kappa shape index (κ3) is 3.07. The van der Waals surface area contributed by atoms with E-state index in [2.05, 4.69) is 20.4 Å². The van der Waals surface area contributed by atoms with Gasteiger partial charge in [0.05, 0.1) is 11.5 Å². The first-order chi connectivity index (χ1) is 9.32. The van der Waals surface area contributed by atoms with Crippen molar-refractivity contribution >= 4 is 27.7 Å². The summed E-state index contributed by atoms with van der Waals surface area (Å²) in [6.07, 6.45) is 0. The number of nitrogens with one attached hydrogen (secondary N) is 1. The molecule has 1 aliphatic heterocycles. The van der Waals surface area contributed by atoms with Gasteiger partial charge in [-0.05, 0) is 6.92 Å². The summed E-state index contributed by atoms with van der Waals surface area (Å²) in [4.78, 5) is 16.3. The molecule has 9 nitrogen and oxygen atoms in total. The predicted octanol–water partition coefficient (Wildman–Crippen LogP) is -1.15. The first kappa shape index (κ1) is 14.7. The van der Waals surface area contributed by atoms with E-state index >= 15 is 0 Å². The first-order valence-corrected chi connectivity index (χ1v) is 8.01. The van der Waals surface area contributed by atoms with Gasteiger partial charge in [-0.15, -0.1) is 0 Å². The number of hydrazine groups is 1. The molecule has 0 aromatic carbocycles. The molecule has 1 saturated heterocycles. The Bertz CT molecular complexity index is 589. The Kier molecular flexibility index (Phi) is 3.95. The van der Waals surface area contributed by atoms with Gasteiger partial charge in [-0.1, -0.05) is 0 Å². The number of nitrogens with two attached hydrogens (primary N) is 1. The fourth-order valence-corrected chi connectivity index (χ4v) is 3.60. The van der Waals surface area contributed by atoms with Crippen molar-refractivity contribution in [2.24, 2.45) is 5.84 Å². The van der Waals surface area contributed by atoms with Crippen LogP contribution in [0.1, 0.15) is 6.92 Å².